The molecule has 84 valence electrons. The van der Waals surface area contributed by atoms with Gasteiger partial charge >= 0.3 is 0 Å². The van der Waals surface area contributed by atoms with Gasteiger partial charge in [0.15, 0.2) is 0 Å². The first-order valence-corrected chi connectivity index (χ1v) is 5.75. The highest BCUT2D eigenvalue weighted by Gasteiger charge is 2.07. The first kappa shape index (κ1) is 11.0. The van der Waals surface area contributed by atoms with E-state index in [0.717, 1.165) is 5.56 Å². The normalized spacial score (nSPS) is 12.4. The van der Waals surface area contributed by atoms with Crippen LogP contribution in [0.15, 0.2) is 35.2 Å². The first-order chi connectivity index (χ1) is 7.75. The molecule has 0 saturated carbocycles. The summed E-state index contributed by atoms with van der Waals surface area (Å²) >= 11 is 1.53. The molecule has 2 aromatic heterocycles. The Kier molecular flexibility index (Phi) is 3.48. The number of aliphatic hydroxyl groups is 1. The number of aliphatic hydroxyl groups excluding tert-OH is 1. The molecular weight excluding hydrogens is 227 g/mol. The number of nitrogens with zero attached hydrogens (tertiary/aromatic N) is 1. The molecule has 5 heteroatoms. The summed E-state index contributed by atoms with van der Waals surface area (Å²) in [4.78, 5) is 3.45. The Morgan fingerprint density at radius 3 is 3.06 bits per heavy atom. The second-order valence-corrected chi connectivity index (χ2v) is 4.10. The molecule has 2 N–H and O–H groups in total. The van der Waals surface area contributed by atoms with Gasteiger partial charge in [0.05, 0.1) is 6.10 Å². The molecule has 16 heavy (non-hydrogen) atoms. The monoisotopic (exact) mass is 238 g/mol. The van der Waals surface area contributed by atoms with E-state index in [2.05, 4.69) is 10.3 Å². The molecule has 0 radical (unpaired) electrons. The molecule has 0 spiro atoms. The summed E-state index contributed by atoms with van der Waals surface area (Å²) in [5.41, 5.74) is 1.48. The fourth-order valence-electron chi connectivity index (χ4n) is 1.31. The largest absolute Gasteiger partial charge is 0.387 e. The van der Waals surface area contributed by atoms with E-state index < -0.39 is 12.1 Å². The minimum Gasteiger partial charge on any atom is -0.387 e. The van der Waals surface area contributed by atoms with Gasteiger partial charge in [-0.2, -0.15) is 15.7 Å². The minimum atomic E-state index is -0.581. The van der Waals surface area contributed by atoms with Crippen molar-refractivity contribution in [2.45, 2.75) is 6.10 Å². The number of hydrogen-bond donors (Lipinski definition) is 2. The lowest BCUT2D eigenvalue weighted by atomic mass is 10.2. The van der Waals surface area contributed by atoms with Crippen LogP contribution in [0, 0.1) is 5.95 Å². The maximum Gasteiger partial charge on any atom is 0.214 e. The molecule has 0 saturated heterocycles. The number of aromatic nitrogens is 1. The molecule has 0 aliphatic carbocycles. The van der Waals surface area contributed by atoms with E-state index in [1.54, 1.807) is 6.07 Å². The van der Waals surface area contributed by atoms with Gasteiger partial charge in [0.2, 0.25) is 5.95 Å². The van der Waals surface area contributed by atoms with Gasteiger partial charge in [-0.15, -0.1) is 0 Å². The average Bonchev–Trinajstić information content (AvgIpc) is 2.79. The highest BCUT2D eigenvalue weighted by atomic mass is 32.1. The maximum atomic E-state index is 12.8. The van der Waals surface area contributed by atoms with E-state index in [0.29, 0.717) is 12.2 Å². The molecule has 2 aromatic rings. The van der Waals surface area contributed by atoms with Crippen LogP contribution in [0.3, 0.4) is 0 Å². The van der Waals surface area contributed by atoms with Crippen molar-refractivity contribution in [1.82, 2.24) is 4.98 Å². The van der Waals surface area contributed by atoms with Crippen molar-refractivity contribution < 1.29 is 9.50 Å². The topological polar surface area (TPSA) is 45.1 Å². The summed E-state index contributed by atoms with van der Waals surface area (Å²) in [6.45, 7) is 0.347. The van der Waals surface area contributed by atoms with Crippen LogP contribution in [-0.2, 0) is 0 Å². The number of hydrogen-bond acceptors (Lipinski definition) is 4. The summed E-state index contributed by atoms with van der Waals surface area (Å²) in [7, 11) is 0. The number of thiophene rings is 1. The molecule has 0 aliphatic heterocycles. The lowest BCUT2D eigenvalue weighted by Crippen LogP contribution is -2.11. The Bertz CT molecular complexity index is 447. The second-order valence-electron chi connectivity index (χ2n) is 3.32. The Morgan fingerprint density at radius 2 is 2.38 bits per heavy atom. The highest BCUT2D eigenvalue weighted by Crippen LogP contribution is 2.17. The third-order valence-corrected chi connectivity index (χ3v) is 2.86. The van der Waals surface area contributed by atoms with Crippen molar-refractivity contribution in [3.63, 3.8) is 0 Å². The number of nitrogens with one attached hydrogen (secondary N) is 1. The number of halogens is 1. The van der Waals surface area contributed by atoms with Crippen molar-refractivity contribution in [2.24, 2.45) is 0 Å². The number of anilines is 1. The summed E-state index contributed by atoms with van der Waals surface area (Å²) in [6.07, 6.45) is 0.803. The molecule has 2 rings (SSSR count). The molecular formula is C11H11FN2OS. The van der Waals surface area contributed by atoms with Crippen LogP contribution in [0.25, 0.3) is 0 Å². The third kappa shape index (κ3) is 2.77. The van der Waals surface area contributed by atoms with Crippen LogP contribution in [0.2, 0.25) is 0 Å². The molecule has 1 unspecified atom stereocenters. The minimum absolute atomic E-state index is 0.347. The van der Waals surface area contributed by atoms with Crippen LogP contribution >= 0.6 is 11.3 Å². The summed E-state index contributed by atoms with van der Waals surface area (Å²) in [5, 5.41) is 16.5. The molecule has 0 fully saturated rings. The zero-order chi connectivity index (χ0) is 11.4. The van der Waals surface area contributed by atoms with Crippen molar-refractivity contribution in [3.8, 4) is 0 Å². The zero-order valence-electron chi connectivity index (χ0n) is 8.43. The summed E-state index contributed by atoms with van der Waals surface area (Å²) in [5.74, 6) is -0.532. The van der Waals surface area contributed by atoms with Gasteiger partial charge in [-0.3, -0.25) is 0 Å². The van der Waals surface area contributed by atoms with Crippen molar-refractivity contribution in [1.29, 1.82) is 0 Å². The van der Waals surface area contributed by atoms with Gasteiger partial charge in [-0.05, 0) is 28.5 Å². The summed E-state index contributed by atoms with van der Waals surface area (Å²) < 4.78 is 12.8. The van der Waals surface area contributed by atoms with Crippen LogP contribution < -0.4 is 5.32 Å². The molecule has 0 amide bonds. The lowest BCUT2D eigenvalue weighted by molar-refractivity contribution is 0.192. The van der Waals surface area contributed by atoms with Gasteiger partial charge in [-0.1, -0.05) is 0 Å². The number of pyridine rings is 1. The maximum absolute atomic E-state index is 12.8. The van der Waals surface area contributed by atoms with E-state index in [9.17, 15) is 9.50 Å². The standard InChI is InChI=1S/C11H11FN2OS/c12-11-5-9(1-3-13-11)14-6-10(15)8-2-4-16-7-8/h1-5,7,10,15H,6H2,(H,13,14). The van der Waals surface area contributed by atoms with E-state index in [-0.39, 0.29) is 0 Å². The Morgan fingerprint density at radius 1 is 1.50 bits per heavy atom. The van der Waals surface area contributed by atoms with Gasteiger partial charge in [0, 0.05) is 24.5 Å². The van der Waals surface area contributed by atoms with Crippen LogP contribution in [0.4, 0.5) is 10.1 Å². The third-order valence-electron chi connectivity index (χ3n) is 2.15. The smallest absolute Gasteiger partial charge is 0.214 e. The van der Waals surface area contributed by atoms with Crippen LogP contribution in [-0.4, -0.2) is 16.6 Å². The second kappa shape index (κ2) is 5.05. The predicted molar refractivity (Wildman–Crippen MR) is 62.0 cm³/mol. The van der Waals surface area contributed by atoms with Crippen LogP contribution in [0.1, 0.15) is 11.7 Å². The molecule has 3 nitrogen and oxygen atoms in total. The van der Waals surface area contributed by atoms with Gasteiger partial charge in [0.1, 0.15) is 0 Å². The molecule has 2 heterocycles. The molecule has 1 atom stereocenters. The van der Waals surface area contributed by atoms with Gasteiger partial charge < -0.3 is 10.4 Å². The van der Waals surface area contributed by atoms with E-state index in [4.69, 9.17) is 0 Å². The molecule has 0 aromatic carbocycles. The molecule has 0 bridgehead atoms. The average molecular weight is 238 g/mol. The van der Waals surface area contributed by atoms with E-state index in [1.165, 1.54) is 23.6 Å². The lowest BCUT2D eigenvalue weighted by Gasteiger charge is -2.11. The van der Waals surface area contributed by atoms with Crippen molar-refractivity contribution in [2.75, 3.05) is 11.9 Å². The van der Waals surface area contributed by atoms with Gasteiger partial charge in [0.25, 0.3) is 0 Å². The van der Waals surface area contributed by atoms with Gasteiger partial charge in [-0.25, -0.2) is 4.98 Å². The quantitative estimate of drug-likeness (QED) is 0.804. The fourth-order valence-corrected chi connectivity index (χ4v) is 2.02. The van der Waals surface area contributed by atoms with Crippen LogP contribution in [0.5, 0.6) is 0 Å². The molecule has 0 aliphatic rings. The Balaban J connectivity index is 1.92. The fraction of sp³-hybridized carbons (Fsp3) is 0.182. The highest BCUT2D eigenvalue weighted by molar-refractivity contribution is 7.07. The SMILES string of the molecule is OC(CNc1ccnc(F)c1)c1ccsc1. The van der Waals surface area contributed by atoms with E-state index in [1.807, 2.05) is 16.8 Å². The Labute approximate surface area is 96.6 Å². The summed E-state index contributed by atoms with van der Waals surface area (Å²) in [6, 6.07) is 4.81. The Hall–Kier alpha value is -1.46. The predicted octanol–water partition coefficient (Wildman–Crippen LogP) is 2.43. The number of rotatable bonds is 4. The zero-order valence-corrected chi connectivity index (χ0v) is 9.25. The van der Waals surface area contributed by atoms with Crippen molar-refractivity contribution >= 4 is 17.0 Å². The van der Waals surface area contributed by atoms with E-state index >= 15 is 0 Å². The first-order valence-electron chi connectivity index (χ1n) is 4.81. The van der Waals surface area contributed by atoms with Crippen molar-refractivity contribution in [3.05, 3.63) is 46.7 Å².